The van der Waals surface area contributed by atoms with Gasteiger partial charge in [0.2, 0.25) is 10.0 Å². The molecule has 1 saturated heterocycles. The third kappa shape index (κ3) is 5.42. The molecule has 156 valence electrons. The Bertz CT molecular complexity index is 790. The summed E-state index contributed by atoms with van der Waals surface area (Å²) in [5.74, 6) is 0.528. The molecule has 1 aromatic rings. The lowest BCUT2D eigenvalue weighted by Crippen LogP contribution is -2.47. The molecule has 9 heteroatoms. The van der Waals surface area contributed by atoms with Crippen molar-refractivity contribution < 1.29 is 13.2 Å². The maximum absolute atomic E-state index is 12.9. The summed E-state index contributed by atoms with van der Waals surface area (Å²) < 4.78 is 27.3. The molecule has 0 radical (unpaired) electrons. The zero-order chi connectivity index (χ0) is 20.1. The van der Waals surface area contributed by atoms with Crippen LogP contribution in [0.5, 0.6) is 0 Å². The van der Waals surface area contributed by atoms with E-state index < -0.39 is 10.0 Å². The van der Waals surface area contributed by atoms with Crippen molar-refractivity contribution in [1.82, 2.24) is 14.5 Å². The predicted octanol–water partition coefficient (Wildman–Crippen LogP) is 2.68. The van der Waals surface area contributed by atoms with Gasteiger partial charge in [0.15, 0.2) is 0 Å². The smallest absolute Gasteiger partial charge is 0.252 e. The molecule has 6 nitrogen and oxygen atoms in total. The number of amides is 1. The predicted molar refractivity (Wildman–Crippen MR) is 115 cm³/mol. The van der Waals surface area contributed by atoms with Gasteiger partial charge in [0, 0.05) is 43.7 Å². The number of hydrogen-bond acceptors (Lipinski definition) is 5. The number of piperazine rings is 1. The zero-order valence-electron chi connectivity index (χ0n) is 16.2. The quantitative estimate of drug-likeness (QED) is 0.653. The minimum absolute atomic E-state index is 0.118. The van der Waals surface area contributed by atoms with Gasteiger partial charge in [0.05, 0.1) is 15.5 Å². The fraction of sp³-hybridized carbons (Fsp3) is 0.632. The molecule has 1 aliphatic carbocycles. The molecule has 1 aromatic carbocycles. The highest BCUT2D eigenvalue weighted by molar-refractivity contribution is 7.99. The van der Waals surface area contributed by atoms with Crippen molar-refractivity contribution in [3.63, 3.8) is 0 Å². The van der Waals surface area contributed by atoms with Gasteiger partial charge < -0.3 is 10.2 Å². The summed E-state index contributed by atoms with van der Waals surface area (Å²) in [5.41, 5.74) is 0.211. The molecule has 1 heterocycles. The van der Waals surface area contributed by atoms with Gasteiger partial charge in [-0.3, -0.25) is 4.79 Å². The first kappa shape index (κ1) is 21.9. The highest BCUT2D eigenvalue weighted by atomic mass is 35.5. The lowest BCUT2D eigenvalue weighted by Gasteiger charge is -2.31. The summed E-state index contributed by atoms with van der Waals surface area (Å²) in [7, 11) is -1.66. The molecule has 2 aliphatic rings. The fourth-order valence-corrected chi connectivity index (χ4v) is 6.43. The number of halogens is 1. The molecule has 0 unspecified atom stereocenters. The molecule has 0 spiro atoms. The summed E-state index contributed by atoms with van der Waals surface area (Å²) in [6.45, 7) is 2.83. The van der Waals surface area contributed by atoms with Crippen LogP contribution in [-0.4, -0.2) is 74.3 Å². The summed E-state index contributed by atoms with van der Waals surface area (Å²) in [5, 5.41) is 3.84. The highest BCUT2D eigenvalue weighted by Gasteiger charge is 2.28. The minimum Gasteiger partial charge on any atom is -0.351 e. The van der Waals surface area contributed by atoms with Gasteiger partial charge in [-0.15, -0.1) is 0 Å². The van der Waals surface area contributed by atoms with Gasteiger partial charge in [0.25, 0.3) is 5.91 Å². The summed E-state index contributed by atoms with van der Waals surface area (Å²) in [6, 6.07) is 4.37. The molecule has 0 bridgehead atoms. The Labute approximate surface area is 177 Å². The molecule has 0 atom stereocenters. The summed E-state index contributed by atoms with van der Waals surface area (Å²) in [6.07, 6.45) is 5.12. The molecule has 1 amide bonds. The van der Waals surface area contributed by atoms with Crippen LogP contribution in [0.3, 0.4) is 0 Å². The van der Waals surface area contributed by atoms with Gasteiger partial charge >= 0.3 is 0 Å². The van der Waals surface area contributed by atoms with Crippen LogP contribution in [0.25, 0.3) is 0 Å². The number of likely N-dealkylation sites (N-methyl/N-ethyl adjacent to an activating group) is 1. The molecule has 28 heavy (non-hydrogen) atoms. The van der Waals surface area contributed by atoms with Crippen LogP contribution in [0, 0.1) is 0 Å². The van der Waals surface area contributed by atoms with Crippen molar-refractivity contribution in [2.45, 2.75) is 35.8 Å². The van der Waals surface area contributed by atoms with Crippen LogP contribution in [0.15, 0.2) is 23.1 Å². The van der Waals surface area contributed by atoms with E-state index in [1.54, 1.807) is 0 Å². The van der Waals surface area contributed by atoms with Gasteiger partial charge in [-0.05, 0) is 38.1 Å². The second-order valence-electron chi connectivity index (χ2n) is 7.38. The van der Waals surface area contributed by atoms with Crippen molar-refractivity contribution >= 4 is 39.3 Å². The minimum atomic E-state index is -3.63. The summed E-state index contributed by atoms with van der Waals surface area (Å²) in [4.78, 5) is 14.8. The first-order valence-electron chi connectivity index (χ1n) is 9.76. The van der Waals surface area contributed by atoms with Gasteiger partial charge in [-0.1, -0.05) is 24.4 Å². The molecule has 1 saturated carbocycles. The average Bonchev–Trinajstić information content (AvgIpc) is 3.19. The standard InChI is InChI=1S/C19H28ClN3O3S2/c1-22-9-11-23(12-10-22)28(25,26)16-6-7-18(20)17(14-16)19(24)21-8-13-27-15-4-2-3-5-15/h6-7,14-15H,2-5,8-13H2,1H3,(H,21,24). The van der Waals surface area contributed by atoms with Crippen molar-refractivity contribution in [2.24, 2.45) is 0 Å². The van der Waals surface area contributed by atoms with Crippen LogP contribution in [0.1, 0.15) is 36.0 Å². The first-order valence-corrected chi connectivity index (χ1v) is 12.6. The number of nitrogens with one attached hydrogen (secondary N) is 1. The van der Waals surface area contributed by atoms with Crippen molar-refractivity contribution in [1.29, 1.82) is 0 Å². The average molecular weight is 446 g/mol. The lowest BCUT2D eigenvalue weighted by atomic mass is 10.2. The fourth-order valence-electron chi connectivity index (χ4n) is 3.56. The van der Waals surface area contributed by atoms with Crippen LogP contribution in [-0.2, 0) is 10.0 Å². The van der Waals surface area contributed by atoms with E-state index in [1.807, 2.05) is 18.8 Å². The van der Waals surface area contributed by atoms with E-state index in [4.69, 9.17) is 11.6 Å². The highest BCUT2D eigenvalue weighted by Crippen LogP contribution is 2.29. The SMILES string of the molecule is CN1CCN(S(=O)(=O)c2ccc(Cl)c(C(=O)NCCSC3CCCC3)c2)CC1. The van der Waals surface area contributed by atoms with E-state index in [0.717, 1.165) is 5.75 Å². The Morgan fingerprint density at radius 2 is 1.89 bits per heavy atom. The van der Waals surface area contributed by atoms with Crippen LogP contribution < -0.4 is 5.32 Å². The van der Waals surface area contributed by atoms with Gasteiger partial charge in [-0.25, -0.2) is 8.42 Å². The van der Waals surface area contributed by atoms with E-state index in [0.29, 0.717) is 38.0 Å². The Balaban J connectivity index is 1.62. The molecule has 0 aromatic heterocycles. The number of benzene rings is 1. The third-order valence-corrected chi connectivity index (χ3v) is 8.93. The van der Waals surface area contributed by atoms with Crippen LogP contribution in [0.4, 0.5) is 0 Å². The lowest BCUT2D eigenvalue weighted by molar-refractivity contribution is 0.0956. The third-order valence-electron chi connectivity index (χ3n) is 5.33. The van der Waals surface area contributed by atoms with E-state index in [-0.39, 0.29) is 21.4 Å². The number of rotatable bonds is 7. The molecule has 3 rings (SSSR count). The molecular formula is C19H28ClN3O3S2. The van der Waals surface area contributed by atoms with E-state index in [9.17, 15) is 13.2 Å². The largest absolute Gasteiger partial charge is 0.351 e. The van der Waals surface area contributed by atoms with Gasteiger partial charge in [-0.2, -0.15) is 16.1 Å². The number of thioether (sulfide) groups is 1. The van der Waals surface area contributed by atoms with Crippen molar-refractivity contribution in [3.8, 4) is 0 Å². The van der Waals surface area contributed by atoms with Crippen LogP contribution >= 0.6 is 23.4 Å². The maximum Gasteiger partial charge on any atom is 0.252 e. The second-order valence-corrected chi connectivity index (χ2v) is 11.1. The topological polar surface area (TPSA) is 69.7 Å². The molecule has 1 aliphatic heterocycles. The Kier molecular flexibility index (Phi) is 7.67. The number of hydrogen-bond donors (Lipinski definition) is 1. The molecule has 1 N–H and O–H groups in total. The second kappa shape index (κ2) is 9.80. The Morgan fingerprint density at radius 1 is 1.21 bits per heavy atom. The molecular weight excluding hydrogens is 418 g/mol. The van der Waals surface area contributed by atoms with E-state index >= 15 is 0 Å². The number of sulfonamides is 1. The number of carbonyl (C=O) groups excluding carboxylic acids is 1. The Hall–Kier alpha value is -0.800. The Morgan fingerprint density at radius 3 is 2.57 bits per heavy atom. The first-order chi connectivity index (χ1) is 13.4. The maximum atomic E-state index is 12.9. The number of nitrogens with zero attached hydrogens (tertiary/aromatic N) is 2. The monoisotopic (exact) mass is 445 g/mol. The van der Waals surface area contributed by atoms with E-state index in [1.165, 1.54) is 48.2 Å². The molecule has 2 fully saturated rings. The number of carbonyl (C=O) groups is 1. The normalized spacial score (nSPS) is 19.8. The van der Waals surface area contributed by atoms with Gasteiger partial charge in [0.1, 0.15) is 0 Å². The van der Waals surface area contributed by atoms with Crippen LogP contribution in [0.2, 0.25) is 5.02 Å². The van der Waals surface area contributed by atoms with E-state index in [2.05, 4.69) is 10.2 Å². The zero-order valence-corrected chi connectivity index (χ0v) is 18.6. The van der Waals surface area contributed by atoms with Crippen molar-refractivity contribution in [2.75, 3.05) is 45.5 Å². The summed E-state index contributed by atoms with van der Waals surface area (Å²) >= 11 is 8.08. The van der Waals surface area contributed by atoms with Crippen molar-refractivity contribution in [3.05, 3.63) is 28.8 Å².